The minimum absolute atomic E-state index is 0.00425. The van der Waals surface area contributed by atoms with Gasteiger partial charge in [0.05, 0.1) is 31.8 Å². The Kier molecular flexibility index (Phi) is 11.3. The van der Waals surface area contributed by atoms with Gasteiger partial charge >= 0.3 is 0 Å². The molecule has 3 aliphatic rings. The van der Waals surface area contributed by atoms with Crippen LogP contribution in [-0.2, 0) is 20.9 Å². The van der Waals surface area contributed by atoms with Crippen molar-refractivity contribution >= 4 is 29.7 Å². The lowest BCUT2D eigenvalue weighted by molar-refractivity contribution is -0.148. The number of fused-ring (bicyclic) bond motifs is 3. The van der Waals surface area contributed by atoms with E-state index in [1.54, 1.807) is 24.3 Å². The summed E-state index contributed by atoms with van der Waals surface area (Å²) in [6.45, 7) is 6.22. The Hall–Kier alpha value is -3.44. The summed E-state index contributed by atoms with van der Waals surface area (Å²) in [6.07, 6.45) is 3.01. The van der Waals surface area contributed by atoms with E-state index in [0.29, 0.717) is 51.7 Å². The fourth-order valence-corrected chi connectivity index (χ4v) is 7.40. The first-order valence-corrected chi connectivity index (χ1v) is 16.7. The van der Waals surface area contributed by atoms with E-state index < -0.39 is 30.1 Å². The van der Waals surface area contributed by atoms with Gasteiger partial charge in [-0.2, -0.15) is 0 Å². The quantitative estimate of drug-likeness (QED) is 0.285. The number of aldehydes is 1. The minimum atomic E-state index is -1.26. The number of ether oxygens (including phenoxy) is 3. The number of carbonyl (C=O) groups excluding carboxylic acids is 3. The van der Waals surface area contributed by atoms with Crippen molar-refractivity contribution in [1.82, 2.24) is 10.2 Å². The zero-order valence-electron chi connectivity index (χ0n) is 27.4. The maximum Gasteiger partial charge on any atom is 0.249 e. The molecule has 1 saturated carbocycles. The van der Waals surface area contributed by atoms with Gasteiger partial charge in [0.25, 0.3) is 0 Å². The van der Waals surface area contributed by atoms with Gasteiger partial charge in [0.15, 0.2) is 11.5 Å². The summed E-state index contributed by atoms with van der Waals surface area (Å²) in [7, 11) is 1.45. The zero-order chi connectivity index (χ0) is 33.8. The number of amides is 2. The lowest BCUT2D eigenvalue weighted by atomic mass is 9.75. The number of nitrogens with one attached hydrogen (secondary N) is 1. The molecule has 2 aliphatic carbocycles. The Bertz CT molecular complexity index is 1480. The Morgan fingerprint density at radius 3 is 2.60 bits per heavy atom. The van der Waals surface area contributed by atoms with Crippen LogP contribution in [0.2, 0.25) is 5.02 Å². The van der Waals surface area contributed by atoms with Gasteiger partial charge < -0.3 is 34.6 Å². The second-order valence-electron chi connectivity index (χ2n) is 13.2. The van der Waals surface area contributed by atoms with Crippen molar-refractivity contribution in [3.05, 3.63) is 69.8 Å². The molecule has 5 rings (SSSR count). The Morgan fingerprint density at radius 1 is 1.19 bits per heavy atom. The predicted octanol–water partition coefficient (Wildman–Crippen LogP) is 4.29. The molecular formula is C36H45ClN2O8. The maximum absolute atomic E-state index is 14.2. The smallest absolute Gasteiger partial charge is 0.249 e. The monoisotopic (exact) mass is 668 g/mol. The summed E-state index contributed by atoms with van der Waals surface area (Å²) >= 11 is 6.16. The third kappa shape index (κ3) is 7.51. The molecule has 254 valence electrons. The number of methoxy groups -OCH3 is 1. The number of hydrogen-bond acceptors (Lipinski definition) is 8. The lowest BCUT2D eigenvalue weighted by Gasteiger charge is -2.41. The first-order valence-electron chi connectivity index (χ1n) is 16.3. The third-order valence-electron chi connectivity index (χ3n) is 9.74. The molecule has 2 amide bonds. The molecule has 47 heavy (non-hydrogen) atoms. The molecule has 0 bridgehead atoms. The van der Waals surface area contributed by atoms with Gasteiger partial charge in [0.2, 0.25) is 11.8 Å². The van der Waals surface area contributed by atoms with Crippen molar-refractivity contribution in [1.29, 1.82) is 0 Å². The normalized spacial score (nSPS) is 26.5. The number of aliphatic hydroxyl groups excluding tert-OH is 2. The molecule has 2 aromatic rings. The molecule has 10 nitrogen and oxygen atoms in total. The van der Waals surface area contributed by atoms with E-state index in [4.69, 9.17) is 25.8 Å². The molecule has 1 aliphatic heterocycles. The van der Waals surface area contributed by atoms with Crippen LogP contribution in [0.4, 0.5) is 0 Å². The van der Waals surface area contributed by atoms with E-state index in [2.05, 4.69) is 26.1 Å². The van der Waals surface area contributed by atoms with Crippen LogP contribution in [0, 0.1) is 17.8 Å². The third-order valence-corrected chi connectivity index (χ3v) is 9.99. The number of rotatable bonds is 12. The van der Waals surface area contributed by atoms with Crippen LogP contribution in [0.5, 0.6) is 11.5 Å². The summed E-state index contributed by atoms with van der Waals surface area (Å²) in [5.74, 6) is 0.264. The Labute approximate surface area is 281 Å². The van der Waals surface area contributed by atoms with Crippen LogP contribution in [0.25, 0.3) is 0 Å². The highest BCUT2D eigenvalue weighted by Crippen LogP contribution is 2.51. The average Bonchev–Trinajstić information content (AvgIpc) is 3.45. The Morgan fingerprint density at radius 2 is 1.94 bits per heavy atom. The molecule has 2 aromatic carbocycles. The summed E-state index contributed by atoms with van der Waals surface area (Å²) < 4.78 is 18.2. The van der Waals surface area contributed by atoms with Crippen LogP contribution in [0.15, 0.2) is 48.0 Å². The highest BCUT2D eigenvalue weighted by molar-refractivity contribution is 6.30. The van der Waals surface area contributed by atoms with Crippen molar-refractivity contribution in [3.8, 4) is 11.5 Å². The largest absolute Gasteiger partial charge is 0.493 e. The topological polar surface area (TPSA) is 135 Å². The maximum atomic E-state index is 14.2. The fourth-order valence-electron chi connectivity index (χ4n) is 7.27. The molecule has 3 N–H and O–H groups in total. The van der Waals surface area contributed by atoms with E-state index >= 15 is 0 Å². The number of halogens is 1. The molecule has 11 heteroatoms. The van der Waals surface area contributed by atoms with Crippen molar-refractivity contribution in [2.45, 2.75) is 76.9 Å². The fraction of sp³-hybridized carbons (Fsp3) is 0.528. The highest BCUT2D eigenvalue weighted by Gasteiger charge is 2.51. The van der Waals surface area contributed by atoms with Crippen LogP contribution < -0.4 is 14.8 Å². The second kappa shape index (κ2) is 15.2. The van der Waals surface area contributed by atoms with Crippen molar-refractivity contribution in [3.63, 3.8) is 0 Å². The number of aliphatic hydroxyl groups is 2. The molecule has 0 aromatic heterocycles. The SMILES string of the molecule is COc1cc(C=O)cc2c1OC1C2C(C(=O)NCCO)=CC(N(Cc2ccc(Cl)cc2)C(=O)COC2CC(C)CCC2C(C)C)C1O. The first kappa shape index (κ1) is 34.9. The number of benzene rings is 2. The first-order chi connectivity index (χ1) is 22.6. The van der Waals surface area contributed by atoms with E-state index in [9.17, 15) is 24.6 Å². The summed E-state index contributed by atoms with van der Waals surface area (Å²) in [5, 5.41) is 24.7. The van der Waals surface area contributed by atoms with Gasteiger partial charge in [-0.15, -0.1) is 0 Å². The van der Waals surface area contributed by atoms with Crippen molar-refractivity contribution in [2.24, 2.45) is 17.8 Å². The van der Waals surface area contributed by atoms with E-state index in [1.807, 2.05) is 12.1 Å². The van der Waals surface area contributed by atoms with Crippen LogP contribution in [0.3, 0.4) is 0 Å². The number of hydrogen-bond donors (Lipinski definition) is 3. The molecule has 0 radical (unpaired) electrons. The van der Waals surface area contributed by atoms with Gasteiger partial charge in [-0.25, -0.2) is 0 Å². The molecule has 0 spiro atoms. The van der Waals surface area contributed by atoms with Gasteiger partial charge in [-0.05, 0) is 66.5 Å². The highest BCUT2D eigenvalue weighted by atomic mass is 35.5. The average molecular weight is 669 g/mol. The summed E-state index contributed by atoms with van der Waals surface area (Å²) in [6, 6.07) is 9.27. The molecule has 7 unspecified atom stereocenters. The Balaban J connectivity index is 1.53. The van der Waals surface area contributed by atoms with Gasteiger partial charge in [0.1, 0.15) is 25.1 Å². The summed E-state index contributed by atoms with van der Waals surface area (Å²) in [4.78, 5) is 41.2. The van der Waals surface area contributed by atoms with Gasteiger partial charge in [0, 0.05) is 34.8 Å². The van der Waals surface area contributed by atoms with E-state index in [-0.39, 0.29) is 43.9 Å². The molecule has 0 saturated heterocycles. The van der Waals surface area contributed by atoms with Crippen molar-refractivity contribution < 1.29 is 38.8 Å². The van der Waals surface area contributed by atoms with Gasteiger partial charge in [-0.1, -0.05) is 50.9 Å². The minimum Gasteiger partial charge on any atom is -0.493 e. The molecule has 1 fully saturated rings. The van der Waals surface area contributed by atoms with E-state index in [0.717, 1.165) is 24.8 Å². The van der Waals surface area contributed by atoms with E-state index in [1.165, 1.54) is 18.1 Å². The van der Waals surface area contributed by atoms with Crippen LogP contribution in [0.1, 0.15) is 67.4 Å². The predicted molar refractivity (Wildman–Crippen MR) is 177 cm³/mol. The number of nitrogens with zero attached hydrogens (tertiary/aromatic N) is 1. The van der Waals surface area contributed by atoms with Gasteiger partial charge in [-0.3, -0.25) is 14.4 Å². The van der Waals surface area contributed by atoms with Crippen LogP contribution in [-0.4, -0.2) is 84.4 Å². The molecular weight excluding hydrogens is 624 g/mol. The molecule has 7 atom stereocenters. The standard InChI is InChI=1S/C36H45ClN2O8/c1-20(2)25-10-5-21(3)13-29(25)46-19-31(42)39(17-22-6-8-24(37)9-7-22)28-16-27(36(44)38-11-12-40)32-26-14-23(18-41)15-30(45-4)34(26)47-35(32)33(28)43/h6-9,14-16,18,20-21,25,28-29,32-33,35,40,43H,5,10-13,17,19H2,1-4H3,(H,38,44). The summed E-state index contributed by atoms with van der Waals surface area (Å²) in [5.41, 5.74) is 1.86. The lowest BCUT2D eigenvalue weighted by Crippen LogP contribution is -2.56. The van der Waals surface area contributed by atoms with Crippen molar-refractivity contribution in [2.75, 3.05) is 26.9 Å². The number of carbonyl (C=O) groups is 3. The zero-order valence-corrected chi connectivity index (χ0v) is 28.1. The van der Waals surface area contributed by atoms with Crippen LogP contribution >= 0.6 is 11.6 Å². The second-order valence-corrected chi connectivity index (χ2v) is 13.7. The molecule has 1 heterocycles.